The highest BCUT2D eigenvalue weighted by Crippen LogP contribution is 2.17. The lowest BCUT2D eigenvalue weighted by atomic mass is 10.3. The van der Waals surface area contributed by atoms with Crippen molar-refractivity contribution in [1.82, 2.24) is 19.4 Å². The van der Waals surface area contributed by atoms with Crippen molar-refractivity contribution in [3.63, 3.8) is 0 Å². The van der Waals surface area contributed by atoms with Crippen molar-refractivity contribution in [2.45, 2.75) is 0 Å². The molecule has 0 amide bonds. The zero-order valence-corrected chi connectivity index (χ0v) is 12.8. The van der Waals surface area contributed by atoms with Gasteiger partial charge in [0, 0.05) is 13.1 Å². The summed E-state index contributed by atoms with van der Waals surface area (Å²) >= 11 is 0. The van der Waals surface area contributed by atoms with Crippen LogP contribution in [0.2, 0.25) is 0 Å². The Kier molecular flexibility index (Phi) is 2.98. The molecule has 0 unspecified atom stereocenters. The number of hydrogen-bond acceptors (Lipinski definition) is 5. The van der Waals surface area contributed by atoms with Crippen LogP contribution in [0.15, 0.2) is 15.7 Å². The fourth-order valence-electron chi connectivity index (χ4n) is 3.69. The van der Waals surface area contributed by atoms with Crippen molar-refractivity contribution < 1.29 is 4.58 Å². The highest BCUT2D eigenvalue weighted by atomic mass is 16.2. The SMILES string of the molecule is Cn1c(N2CCN3CCN4CC[N+](=C34)CC2)cc(=O)[nH]c1=O. The van der Waals surface area contributed by atoms with Crippen LogP contribution in [0, 0.1) is 0 Å². The Morgan fingerprint density at radius 1 is 0.955 bits per heavy atom. The van der Waals surface area contributed by atoms with Crippen molar-refractivity contribution in [2.24, 2.45) is 7.05 Å². The first kappa shape index (κ1) is 13.4. The van der Waals surface area contributed by atoms with E-state index in [4.69, 9.17) is 0 Å². The largest absolute Gasteiger partial charge is 0.351 e. The maximum Gasteiger partial charge on any atom is 0.351 e. The van der Waals surface area contributed by atoms with E-state index in [9.17, 15) is 9.59 Å². The van der Waals surface area contributed by atoms with Gasteiger partial charge >= 0.3 is 11.6 Å². The molecule has 22 heavy (non-hydrogen) atoms. The summed E-state index contributed by atoms with van der Waals surface area (Å²) in [6.07, 6.45) is 0. The summed E-state index contributed by atoms with van der Waals surface area (Å²) in [6, 6.07) is 1.52. The predicted octanol–water partition coefficient (Wildman–Crippen LogP) is -2.11. The Balaban J connectivity index is 1.66. The third-order valence-corrected chi connectivity index (χ3v) is 4.87. The normalized spacial score (nSPS) is 21.2. The number of nitrogens with zero attached hydrogens (tertiary/aromatic N) is 5. The van der Waals surface area contributed by atoms with Gasteiger partial charge in [0.15, 0.2) is 0 Å². The second kappa shape index (κ2) is 4.89. The van der Waals surface area contributed by atoms with Crippen LogP contribution in [0.4, 0.5) is 5.82 Å². The van der Waals surface area contributed by atoms with Gasteiger partial charge in [0.05, 0.1) is 52.4 Å². The van der Waals surface area contributed by atoms with Gasteiger partial charge in [-0.2, -0.15) is 0 Å². The van der Waals surface area contributed by atoms with Gasteiger partial charge in [0.1, 0.15) is 5.82 Å². The molecule has 0 atom stereocenters. The second-order valence-electron chi connectivity index (χ2n) is 6.10. The predicted molar refractivity (Wildman–Crippen MR) is 82.7 cm³/mol. The van der Waals surface area contributed by atoms with Gasteiger partial charge in [-0.15, -0.1) is 0 Å². The van der Waals surface area contributed by atoms with Gasteiger partial charge in [0.25, 0.3) is 5.56 Å². The van der Waals surface area contributed by atoms with E-state index in [1.54, 1.807) is 7.05 Å². The summed E-state index contributed by atoms with van der Waals surface area (Å²) in [7, 11) is 1.71. The zero-order chi connectivity index (χ0) is 15.3. The number of hydrogen-bond donors (Lipinski definition) is 1. The summed E-state index contributed by atoms with van der Waals surface area (Å²) < 4.78 is 3.94. The van der Waals surface area contributed by atoms with E-state index in [0.717, 1.165) is 52.4 Å². The lowest BCUT2D eigenvalue weighted by molar-refractivity contribution is -0.520. The number of anilines is 1. The Morgan fingerprint density at radius 3 is 2.27 bits per heavy atom. The summed E-state index contributed by atoms with van der Waals surface area (Å²) in [4.78, 5) is 32.8. The molecular formula is C14H21N6O2+. The molecule has 3 aliphatic rings. The average molecular weight is 305 g/mol. The maximum atomic E-state index is 11.8. The molecule has 4 rings (SSSR count). The van der Waals surface area contributed by atoms with Gasteiger partial charge in [0.2, 0.25) is 0 Å². The van der Waals surface area contributed by atoms with Crippen molar-refractivity contribution in [1.29, 1.82) is 0 Å². The molecule has 1 fully saturated rings. The minimum Gasteiger partial charge on any atom is -0.351 e. The van der Waals surface area contributed by atoms with Crippen molar-refractivity contribution in [2.75, 3.05) is 57.3 Å². The first-order chi connectivity index (χ1) is 10.6. The standard InChI is InChI=1S/C14H20N6O2/c1-16-12(10-11(21)15-13(16)22)17-2-4-18-6-8-20-9-7-19(5-3-17)14(18)20/h10H,2-9H2,1H3/p+1. The van der Waals surface area contributed by atoms with Crippen LogP contribution in [0.5, 0.6) is 0 Å². The van der Waals surface area contributed by atoms with E-state index in [1.807, 2.05) is 0 Å². The molecule has 0 spiro atoms. The van der Waals surface area contributed by atoms with Gasteiger partial charge in [-0.05, 0) is 0 Å². The minimum atomic E-state index is -0.356. The molecule has 1 aromatic rings. The molecule has 118 valence electrons. The Bertz CT molecular complexity index is 748. The molecule has 0 aromatic carbocycles. The Labute approximate surface area is 127 Å². The third-order valence-electron chi connectivity index (χ3n) is 4.87. The topological polar surface area (TPSA) is 67.6 Å². The lowest BCUT2D eigenvalue weighted by Crippen LogP contribution is -2.47. The van der Waals surface area contributed by atoms with Crippen LogP contribution < -0.4 is 16.1 Å². The molecule has 0 saturated carbocycles. The lowest BCUT2D eigenvalue weighted by Gasteiger charge is -2.29. The fourth-order valence-corrected chi connectivity index (χ4v) is 3.69. The van der Waals surface area contributed by atoms with E-state index >= 15 is 0 Å². The number of guanidine groups is 1. The van der Waals surface area contributed by atoms with Gasteiger partial charge in [-0.3, -0.25) is 28.7 Å². The van der Waals surface area contributed by atoms with Gasteiger partial charge in [-0.25, -0.2) is 4.79 Å². The first-order valence-corrected chi connectivity index (χ1v) is 7.80. The molecule has 3 aliphatic heterocycles. The molecule has 1 N–H and O–H groups in total. The number of aromatic amines is 1. The molecule has 1 saturated heterocycles. The second-order valence-corrected chi connectivity index (χ2v) is 6.10. The molecule has 8 nitrogen and oxygen atoms in total. The fraction of sp³-hybridized carbons (Fsp3) is 0.643. The number of rotatable bonds is 1. The smallest absolute Gasteiger partial charge is 0.351 e. The molecule has 4 heterocycles. The van der Waals surface area contributed by atoms with Crippen LogP contribution in [0.3, 0.4) is 0 Å². The van der Waals surface area contributed by atoms with Crippen LogP contribution in [-0.2, 0) is 7.05 Å². The van der Waals surface area contributed by atoms with Crippen LogP contribution in [0.1, 0.15) is 0 Å². The van der Waals surface area contributed by atoms with E-state index in [1.165, 1.54) is 16.6 Å². The Morgan fingerprint density at radius 2 is 1.55 bits per heavy atom. The Hall–Kier alpha value is -2.25. The molecule has 0 aliphatic carbocycles. The average Bonchev–Trinajstić information content (AvgIpc) is 3.02. The minimum absolute atomic E-state index is 0.332. The van der Waals surface area contributed by atoms with Gasteiger partial charge in [-0.1, -0.05) is 0 Å². The van der Waals surface area contributed by atoms with Crippen molar-refractivity contribution in [3.05, 3.63) is 26.9 Å². The van der Waals surface area contributed by atoms with Crippen LogP contribution in [-0.4, -0.2) is 82.2 Å². The third kappa shape index (κ3) is 2.01. The summed E-state index contributed by atoms with van der Waals surface area (Å²) in [6.45, 7) is 7.82. The van der Waals surface area contributed by atoms with Crippen LogP contribution >= 0.6 is 0 Å². The van der Waals surface area contributed by atoms with Crippen molar-refractivity contribution >= 4 is 11.8 Å². The van der Waals surface area contributed by atoms with Crippen molar-refractivity contribution in [3.8, 4) is 0 Å². The van der Waals surface area contributed by atoms with Crippen LogP contribution in [0.25, 0.3) is 0 Å². The molecule has 0 bridgehead atoms. The van der Waals surface area contributed by atoms with E-state index in [0.29, 0.717) is 5.82 Å². The molecular weight excluding hydrogens is 284 g/mol. The van der Waals surface area contributed by atoms with E-state index in [2.05, 4.69) is 24.3 Å². The van der Waals surface area contributed by atoms with Gasteiger partial charge < -0.3 is 4.90 Å². The number of H-pyrrole nitrogens is 1. The van der Waals surface area contributed by atoms with E-state index < -0.39 is 0 Å². The number of nitrogens with one attached hydrogen (secondary N) is 1. The highest BCUT2D eigenvalue weighted by Gasteiger charge is 2.41. The molecule has 8 heteroatoms. The summed E-state index contributed by atoms with van der Waals surface area (Å²) in [5, 5.41) is 0. The summed E-state index contributed by atoms with van der Waals surface area (Å²) in [5.41, 5.74) is -0.689. The monoisotopic (exact) mass is 305 g/mol. The number of aromatic nitrogens is 2. The summed E-state index contributed by atoms with van der Waals surface area (Å²) in [5.74, 6) is 2.08. The first-order valence-electron chi connectivity index (χ1n) is 7.80. The molecule has 1 aromatic heterocycles. The zero-order valence-electron chi connectivity index (χ0n) is 12.8. The quantitative estimate of drug-likeness (QED) is 0.602. The maximum absolute atomic E-state index is 11.8. The van der Waals surface area contributed by atoms with E-state index in [-0.39, 0.29) is 11.2 Å². The highest BCUT2D eigenvalue weighted by molar-refractivity contribution is 5.78. The molecule has 0 radical (unpaired) electrons.